The van der Waals surface area contributed by atoms with Crippen molar-refractivity contribution in [2.45, 2.75) is 16.7 Å². The lowest BCUT2D eigenvalue weighted by Crippen LogP contribution is -2.24. The molecule has 0 aromatic heterocycles. The van der Waals surface area contributed by atoms with Crippen molar-refractivity contribution in [3.05, 3.63) is 24.3 Å². The molecule has 0 saturated heterocycles. The highest BCUT2D eigenvalue weighted by Crippen LogP contribution is 2.23. The van der Waals surface area contributed by atoms with E-state index in [1.807, 2.05) is 0 Å². The molecular formula is C8H10ClNO4S2. The zero-order valence-corrected chi connectivity index (χ0v) is 10.7. The fourth-order valence-corrected chi connectivity index (χ4v) is 4.02. The van der Waals surface area contributed by atoms with Crippen LogP contribution in [0.3, 0.4) is 0 Å². The Bertz CT molecular complexity index is 580. The summed E-state index contributed by atoms with van der Waals surface area (Å²) in [5, 5.41) is 0. The highest BCUT2D eigenvalue weighted by Gasteiger charge is 2.23. The molecule has 5 nitrogen and oxygen atoms in total. The summed E-state index contributed by atoms with van der Waals surface area (Å²) in [7, 11) is -2.77. The number of hydrogen-bond acceptors (Lipinski definition) is 4. The Kier molecular flexibility index (Phi) is 3.95. The monoisotopic (exact) mass is 283 g/mol. The lowest BCUT2D eigenvalue weighted by molar-refractivity contribution is 0.577. The molecule has 0 atom stereocenters. The van der Waals surface area contributed by atoms with Crippen LogP contribution in [0.15, 0.2) is 34.1 Å². The van der Waals surface area contributed by atoms with E-state index in [1.54, 1.807) is 6.92 Å². The Morgan fingerprint density at radius 1 is 1.12 bits per heavy atom. The average Bonchev–Trinajstić information content (AvgIpc) is 2.16. The van der Waals surface area contributed by atoms with Gasteiger partial charge in [0.1, 0.15) is 9.79 Å². The number of hydrogen-bond donors (Lipinski definition) is 1. The van der Waals surface area contributed by atoms with Crippen molar-refractivity contribution in [2.24, 2.45) is 0 Å². The molecule has 0 bridgehead atoms. The van der Waals surface area contributed by atoms with E-state index in [0.717, 1.165) is 6.07 Å². The normalized spacial score (nSPS) is 12.6. The third-order valence-electron chi connectivity index (χ3n) is 1.74. The lowest BCUT2D eigenvalue weighted by atomic mass is 10.4. The van der Waals surface area contributed by atoms with Gasteiger partial charge in [0.25, 0.3) is 9.05 Å². The van der Waals surface area contributed by atoms with Gasteiger partial charge in [-0.15, -0.1) is 0 Å². The van der Waals surface area contributed by atoms with Gasteiger partial charge in [-0.3, -0.25) is 0 Å². The Hall–Kier alpha value is -0.630. The zero-order chi connectivity index (χ0) is 12.4. The fraction of sp³-hybridized carbons (Fsp3) is 0.250. The molecule has 0 aliphatic heterocycles. The van der Waals surface area contributed by atoms with Gasteiger partial charge >= 0.3 is 0 Å². The van der Waals surface area contributed by atoms with Crippen molar-refractivity contribution in [1.29, 1.82) is 0 Å². The number of halogens is 1. The molecule has 0 radical (unpaired) electrons. The first-order valence-electron chi connectivity index (χ1n) is 4.32. The van der Waals surface area contributed by atoms with E-state index in [4.69, 9.17) is 10.7 Å². The molecule has 0 amide bonds. The highest BCUT2D eigenvalue weighted by atomic mass is 35.7. The van der Waals surface area contributed by atoms with Gasteiger partial charge in [-0.05, 0) is 12.1 Å². The molecule has 1 aromatic carbocycles. The maximum absolute atomic E-state index is 11.7. The molecule has 1 N–H and O–H groups in total. The van der Waals surface area contributed by atoms with Crippen LogP contribution in [-0.4, -0.2) is 23.4 Å². The van der Waals surface area contributed by atoms with Crippen LogP contribution in [0.5, 0.6) is 0 Å². The van der Waals surface area contributed by atoms with Gasteiger partial charge in [-0.1, -0.05) is 19.1 Å². The summed E-state index contributed by atoms with van der Waals surface area (Å²) in [5.41, 5.74) is 0. The first-order valence-corrected chi connectivity index (χ1v) is 8.11. The maximum Gasteiger partial charge on any atom is 0.262 e. The molecule has 0 aliphatic rings. The van der Waals surface area contributed by atoms with Gasteiger partial charge in [-0.2, -0.15) is 0 Å². The van der Waals surface area contributed by atoms with E-state index in [0.29, 0.717) is 0 Å². The summed E-state index contributed by atoms with van der Waals surface area (Å²) < 4.78 is 47.9. The van der Waals surface area contributed by atoms with E-state index in [-0.39, 0.29) is 11.4 Å². The van der Waals surface area contributed by atoms with Crippen LogP contribution in [0, 0.1) is 0 Å². The fourth-order valence-electron chi connectivity index (χ4n) is 1.14. The summed E-state index contributed by atoms with van der Waals surface area (Å²) in [6.45, 7) is 1.76. The maximum atomic E-state index is 11.7. The standard InChI is InChI=1S/C8H10ClNO4S2/c1-2-10-16(13,14)8-6-4-3-5-7(8)15(9,11)12/h3-6,10H,2H2,1H3. The topological polar surface area (TPSA) is 80.3 Å². The van der Waals surface area contributed by atoms with E-state index in [1.165, 1.54) is 18.2 Å². The van der Waals surface area contributed by atoms with Crippen molar-refractivity contribution in [3.8, 4) is 0 Å². The summed E-state index contributed by atoms with van der Waals surface area (Å²) in [4.78, 5) is -0.760. The Morgan fingerprint density at radius 3 is 2.06 bits per heavy atom. The quantitative estimate of drug-likeness (QED) is 0.833. The molecule has 0 saturated carbocycles. The van der Waals surface area contributed by atoms with E-state index >= 15 is 0 Å². The SMILES string of the molecule is CCNS(=O)(=O)c1ccccc1S(=O)(=O)Cl. The number of nitrogens with one attached hydrogen (secondary N) is 1. The van der Waals surface area contributed by atoms with Gasteiger partial charge < -0.3 is 0 Å². The van der Waals surface area contributed by atoms with Crippen molar-refractivity contribution >= 4 is 29.8 Å². The van der Waals surface area contributed by atoms with Crippen LogP contribution in [0.25, 0.3) is 0 Å². The number of sulfonamides is 1. The van der Waals surface area contributed by atoms with Crippen molar-refractivity contribution in [3.63, 3.8) is 0 Å². The Morgan fingerprint density at radius 2 is 1.62 bits per heavy atom. The van der Waals surface area contributed by atoms with Gasteiger partial charge in [0.15, 0.2) is 0 Å². The van der Waals surface area contributed by atoms with Crippen LogP contribution < -0.4 is 4.72 Å². The van der Waals surface area contributed by atoms with Crippen molar-refractivity contribution in [2.75, 3.05) is 6.54 Å². The van der Waals surface area contributed by atoms with Gasteiger partial charge in [0, 0.05) is 17.2 Å². The molecule has 0 heterocycles. The largest absolute Gasteiger partial charge is 0.262 e. The first-order chi connectivity index (χ1) is 7.29. The predicted molar refractivity (Wildman–Crippen MR) is 60.3 cm³/mol. The molecule has 0 fully saturated rings. The summed E-state index contributed by atoms with van der Waals surface area (Å²) in [5.74, 6) is 0. The van der Waals surface area contributed by atoms with E-state index in [9.17, 15) is 16.8 Å². The number of benzene rings is 1. The molecule has 0 spiro atoms. The minimum Gasteiger partial charge on any atom is -0.211 e. The minimum absolute atomic E-state index is 0.166. The third kappa shape index (κ3) is 2.94. The zero-order valence-electron chi connectivity index (χ0n) is 8.34. The van der Waals surface area contributed by atoms with E-state index < -0.39 is 24.0 Å². The van der Waals surface area contributed by atoms with Crippen LogP contribution in [0.2, 0.25) is 0 Å². The smallest absolute Gasteiger partial charge is 0.211 e. The first kappa shape index (κ1) is 13.4. The molecule has 16 heavy (non-hydrogen) atoms. The highest BCUT2D eigenvalue weighted by molar-refractivity contribution is 8.14. The van der Waals surface area contributed by atoms with Gasteiger partial charge in [0.2, 0.25) is 10.0 Å². The molecular weight excluding hydrogens is 274 g/mol. The van der Waals surface area contributed by atoms with Crippen molar-refractivity contribution < 1.29 is 16.8 Å². The minimum atomic E-state index is -4.08. The number of rotatable bonds is 4. The Labute approximate surface area is 98.9 Å². The summed E-state index contributed by atoms with van der Waals surface area (Å²) in [6.07, 6.45) is 0. The molecule has 1 rings (SSSR count). The second-order valence-corrected chi connectivity index (χ2v) is 7.16. The van der Waals surface area contributed by atoms with Crippen LogP contribution in [0.4, 0.5) is 0 Å². The molecule has 0 unspecified atom stereocenters. The molecule has 90 valence electrons. The second kappa shape index (κ2) is 4.70. The van der Waals surface area contributed by atoms with Crippen LogP contribution in [-0.2, 0) is 19.1 Å². The van der Waals surface area contributed by atoms with Gasteiger partial charge in [0.05, 0.1) is 0 Å². The third-order valence-corrected chi connectivity index (χ3v) is 4.85. The molecule has 1 aromatic rings. The van der Waals surface area contributed by atoms with Crippen molar-refractivity contribution in [1.82, 2.24) is 4.72 Å². The summed E-state index contributed by atoms with van der Waals surface area (Å²) >= 11 is 0. The predicted octanol–water partition coefficient (Wildman–Crippen LogP) is 0.912. The van der Waals surface area contributed by atoms with Crippen LogP contribution in [0.1, 0.15) is 6.92 Å². The summed E-state index contributed by atoms with van der Waals surface area (Å²) in [6, 6.07) is 5.16. The molecule has 0 aliphatic carbocycles. The molecule has 8 heteroatoms. The second-order valence-electron chi connectivity index (χ2n) is 2.89. The Balaban J connectivity index is 3.48. The lowest BCUT2D eigenvalue weighted by Gasteiger charge is -2.07. The van der Waals surface area contributed by atoms with Crippen LogP contribution >= 0.6 is 10.7 Å². The van der Waals surface area contributed by atoms with Gasteiger partial charge in [-0.25, -0.2) is 21.6 Å². The van der Waals surface area contributed by atoms with E-state index in [2.05, 4.69) is 4.72 Å². The average molecular weight is 284 g/mol.